The molecule has 2 aliphatic heterocycles. The highest BCUT2D eigenvalue weighted by Crippen LogP contribution is 2.27. The van der Waals surface area contributed by atoms with E-state index in [2.05, 4.69) is 39.4 Å². The molecule has 2 aromatic rings. The first kappa shape index (κ1) is 22.5. The molecule has 1 amide bonds. The lowest BCUT2D eigenvalue weighted by Crippen LogP contribution is -2.46. The molecule has 2 atom stereocenters. The summed E-state index contributed by atoms with van der Waals surface area (Å²) in [5.74, 6) is 1.16. The van der Waals surface area contributed by atoms with Crippen LogP contribution in [0.25, 0.3) is 0 Å². The first-order chi connectivity index (χ1) is 16.1. The number of benzene rings is 2. The summed E-state index contributed by atoms with van der Waals surface area (Å²) in [6, 6.07) is 16.5. The summed E-state index contributed by atoms with van der Waals surface area (Å²) in [7, 11) is 0. The molecule has 176 valence electrons. The van der Waals surface area contributed by atoms with Crippen LogP contribution in [0.5, 0.6) is 5.75 Å². The summed E-state index contributed by atoms with van der Waals surface area (Å²) in [6.45, 7) is 4.85. The highest BCUT2D eigenvalue weighted by Gasteiger charge is 2.30. The van der Waals surface area contributed by atoms with Crippen LogP contribution in [-0.4, -0.2) is 55.7 Å². The largest absolute Gasteiger partial charge is 0.490 e. The molecule has 2 aromatic carbocycles. The van der Waals surface area contributed by atoms with Crippen LogP contribution in [-0.2, 0) is 11.2 Å². The Morgan fingerprint density at radius 1 is 1.00 bits per heavy atom. The van der Waals surface area contributed by atoms with Crippen LogP contribution in [0.2, 0.25) is 5.02 Å². The summed E-state index contributed by atoms with van der Waals surface area (Å²) in [6.07, 6.45) is 7.00. The maximum atomic E-state index is 13.2. The smallest absolute Gasteiger partial charge is 0.225 e. The molecule has 33 heavy (non-hydrogen) atoms. The van der Waals surface area contributed by atoms with Crippen LogP contribution in [0.1, 0.15) is 37.7 Å². The molecule has 2 unspecified atom stereocenters. The van der Waals surface area contributed by atoms with E-state index < -0.39 is 0 Å². The SMILES string of the molecule is O=C(NC(Cc1ccc(OC2CC2)cc1)CN1CCCC1)C1CCN(c2ccc(Cl)cc2)C1. The molecular formula is C27H34ClN3O2. The van der Waals surface area contributed by atoms with Gasteiger partial charge in [-0.1, -0.05) is 23.7 Å². The quantitative estimate of drug-likeness (QED) is 0.588. The van der Waals surface area contributed by atoms with Crippen LogP contribution in [0.15, 0.2) is 48.5 Å². The van der Waals surface area contributed by atoms with Gasteiger partial charge in [0.25, 0.3) is 0 Å². The molecule has 2 heterocycles. The van der Waals surface area contributed by atoms with Crippen molar-refractivity contribution >= 4 is 23.2 Å². The van der Waals surface area contributed by atoms with E-state index in [1.54, 1.807) is 0 Å². The van der Waals surface area contributed by atoms with E-state index in [0.717, 1.165) is 62.0 Å². The Balaban J connectivity index is 1.19. The molecule has 0 bridgehead atoms. The lowest BCUT2D eigenvalue weighted by Gasteiger charge is -2.26. The van der Waals surface area contributed by atoms with E-state index in [4.69, 9.17) is 16.3 Å². The molecule has 2 saturated heterocycles. The number of ether oxygens (including phenoxy) is 1. The van der Waals surface area contributed by atoms with Crippen molar-refractivity contribution in [2.24, 2.45) is 5.92 Å². The van der Waals surface area contributed by atoms with Crippen LogP contribution in [0.4, 0.5) is 5.69 Å². The van der Waals surface area contributed by atoms with Crippen molar-refractivity contribution in [3.05, 3.63) is 59.1 Å². The molecule has 3 aliphatic rings. The predicted octanol–water partition coefficient (Wildman–Crippen LogP) is 4.53. The lowest BCUT2D eigenvalue weighted by atomic mass is 10.0. The third-order valence-electron chi connectivity index (χ3n) is 7.01. The van der Waals surface area contributed by atoms with Gasteiger partial charge in [-0.25, -0.2) is 0 Å². The van der Waals surface area contributed by atoms with Gasteiger partial charge < -0.3 is 19.9 Å². The third-order valence-corrected chi connectivity index (χ3v) is 7.26. The topological polar surface area (TPSA) is 44.8 Å². The van der Waals surface area contributed by atoms with Gasteiger partial charge in [-0.15, -0.1) is 0 Å². The number of anilines is 1. The summed E-state index contributed by atoms with van der Waals surface area (Å²) in [5.41, 5.74) is 2.38. The van der Waals surface area contributed by atoms with Crippen molar-refractivity contribution in [1.29, 1.82) is 0 Å². The molecule has 1 saturated carbocycles. The van der Waals surface area contributed by atoms with Gasteiger partial charge in [0.05, 0.1) is 12.0 Å². The normalized spacial score (nSPS) is 21.8. The second-order valence-corrected chi connectivity index (χ2v) is 10.2. The van der Waals surface area contributed by atoms with Crippen LogP contribution >= 0.6 is 11.6 Å². The Labute approximate surface area is 202 Å². The number of nitrogens with one attached hydrogen (secondary N) is 1. The fourth-order valence-electron chi connectivity index (χ4n) is 4.98. The minimum absolute atomic E-state index is 0.0241. The minimum Gasteiger partial charge on any atom is -0.490 e. The average molecular weight is 468 g/mol. The number of rotatable bonds is 9. The number of likely N-dealkylation sites (tertiary alicyclic amines) is 1. The Morgan fingerprint density at radius 2 is 1.73 bits per heavy atom. The Kier molecular flexibility index (Phi) is 7.07. The highest BCUT2D eigenvalue weighted by atomic mass is 35.5. The third kappa shape index (κ3) is 6.21. The van der Waals surface area contributed by atoms with Crippen molar-refractivity contribution < 1.29 is 9.53 Å². The number of carbonyl (C=O) groups excluding carboxylic acids is 1. The standard InChI is InChI=1S/C27H34ClN3O2/c28-22-5-7-24(8-6-22)31-16-13-21(18-31)27(32)29-23(19-30-14-1-2-15-30)17-20-3-9-25(10-4-20)33-26-11-12-26/h3-10,21,23,26H,1-2,11-19H2,(H,29,32). The van der Waals surface area contributed by atoms with Gasteiger partial charge in [0.15, 0.2) is 0 Å². The van der Waals surface area contributed by atoms with Gasteiger partial charge in [-0.05, 0) is 93.6 Å². The van der Waals surface area contributed by atoms with Gasteiger partial charge in [0, 0.05) is 36.4 Å². The molecule has 1 aliphatic carbocycles. The zero-order chi connectivity index (χ0) is 22.6. The minimum atomic E-state index is 0.0241. The fraction of sp³-hybridized carbons (Fsp3) is 0.519. The zero-order valence-electron chi connectivity index (χ0n) is 19.2. The molecule has 3 fully saturated rings. The molecule has 0 spiro atoms. The van der Waals surface area contributed by atoms with Crippen LogP contribution in [0, 0.1) is 5.92 Å². The highest BCUT2D eigenvalue weighted by molar-refractivity contribution is 6.30. The van der Waals surface area contributed by atoms with Gasteiger partial charge in [-0.3, -0.25) is 4.79 Å². The molecule has 0 radical (unpaired) electrons. The van der Waals surface area contributed by atoms with Gasteiger partial charge in [0.2, 0.25) is 5.91 Å². The van der Waals surface area contributed by atoms with E-state index >= 15 is 0 Å². The Morgan fingerprint density at radius 3 is 2.42 bits per heavy atom. The maximum absolute atomic E-state index is 13.2. The van der Waals surface area contributed by atoms with Crippen molar-refractivity contribution in [1.82, 2.24) is 10.2 Å². The average Bonchev–Trinajstić information content (AvgIpc) is 3.25. The van der Waals surface area contributed by atoms with Crippen molar-refractivity contribution in [2.75, 3.05) is 37.6 Å². The van der Waals surface area contributed by atoms with E-state index in [9.17, 15) is 4.79 Å². The van der Waals surface area contributed by atoms with Crippen LogP contribution < -0.4 is 15.0 Å². The van der Waals surface area contributed by atoms with E-state index in [0.29, 0.717) is 6.10 Å². The molecular weight excluding hydrogens is 434 g/mol. The summed E-state index contributed by atoms with van der Waals surface area (Å²) in [4.78, 5) is 18.0. The zero-order valence-corrected chi connectivity index (χ0v) is 20.0. The predicted molar refractivity (Wildman–Crippen MR) is 133 cm³/mol. The lowest BCUT2D eigenvalue weighted by molar-refractivity contribution is -0.125. The van der Waals surface area contributed by atoms with Crippen molar-refractivity contribution in [3.63, 3.8) is 0 Å². The van der Waals surface area contributed by atoms with Crippen molar-refractivity contribution in [2.45, 2.75) is 50.7 Å². The van der Waals surface area contributed by atoms with Crippen LogP contribution in [0.3, 0.4) is 0 Å². The van der Waals surface area contributed by atoms with E-state index in [1.807, 2.05) is 24.3 Å². The Hall–Kier alpha value is -2.24. The monoisotopic (exact) mass is 467 g/mol. The number of hydrogen-bond acceptors (Lipinski definition) is 4. The van der Waals surface area contributed by atoms with Crippen molar-refractivity contribution in [3.8, 4) is 5.75 Å². The molecule has 6 heteroatoms. The maximum Gasteiger partial charge on any atom is 0.225 e. The van der Waals surface area contributed by atoms with E-state index in [1.165, 1.54) is 31.2 Å². The number of amides is 1. The summed E-state index contributed by atoms with van der Waals surface area (Å²) >= 11 is 6.03. The molecule has 5 nitrogen and oxygen atoms in total. The second kappa shape index (κ2) is 10.4. The fourth-order valence-corrected chi connectivity index (χ4v) is 5.11. The number of halogens is 1. The second-order valence-electron chi connectivity index (χ2n) is 9.79. The molecule has 5 rings (SSSR count). The first-order valence-electron chi connectivity index (χ1n) is 12.4. The number of carbonyl (C=O) groups is 1. The van der Waals surface area contributed by atoms with Gasteiger partial charge in [0.1, 0.15) is 5.75 Å². The summed E-state index contributed by atoms with van der Waals surface area (Å²) in [5, 5.41) is 4.15. The summed E-state index contributed by atoms with van der Waals surface area (Å²) < 4.78 is 5.89. The number of nitrogens with zero attached hydrogens (tertiary/aromatic N) is 2. The van der Waals surface area contributed by atoms with Gasteiger partial charge in [-0.2, -0.15) is 0 Å². The van der Waals surface area contributed by atoms with Gasteiger partial charge >= 0.3 is 0 Å². The molecule has 0 aromatic heterocycles. The van der Waals surface area contributed by atoms with E-state index in [-0.39, 0.29) is 17.9 Å². The Bertz CT molecular complexity index is 923. The first-order valence-corrected chi connectivity index (χ1v) is 12.8. The number of hydrogen-bond donors (Lipinski definition) is 1. The molecule has 1 N–H and O–H groups in total.